The summed E-state index contributed by atoms with van der Waals surface area (Å²) in [4.78, 5) is 24.6. The standard InChI is InChI=1S/C15H19N5O2/c1-19-8-9(7-16-19)11-6-12(21)17-14-13(11)15(22)18-20(14)10-4-2-3-5-10/h7-8,10-11H,2-6H2,1H3,(H,17,21)(H,18,22). The fourth-order valence-electron chi connectivity index (χ4n) is 3.73. The van der Waals surface area contributed by atoms with E-state index >= 15 is 0 Å². The number of amides is 1. The van der Waals surface area contributed by atoms with Gasteiger partial charge in [-0.25, -0.2) is 0 Å². The van der Waals surface area contributed by atoms with E-state index in [1.807, 2.05) is 17.9 Å². The molecule has 1 atom stereocenters. The number of hydrogen-bond acceptors (Lipinski definition) is 3. The van der Waals surface area contributed by atoms with Crippen molar-refractivity contribution >= 4 is 11.7 Å². The lowest BCUT2D eigenvalue weighted by Crippen LogP contribution is -2.27. The van der Waals surface area contributed by atoms with Crippen LogP contribution in [0.2, 0.25) is 0 Å². The molecule has 1 amide bonds. The molecule has 1 aliphatic heterocycles. The molecule has 2 aromatic rings. The highest BCUT2D eigenvalue weighted by molar-refractivity contribution is 5.94. The lowest BCUT2D eigenvalue weighted by molar-refractivity contribution is -0.116. The molecule has 1 aliphatic carbocycles. The van der Waals surface area contributed by atoms with Crippen molar-refractivity contribution in [2.75, 3.05) is 5.32 Å². The molecule has 22 heavy (non-hydrogen) atoms. The predicted molar refractivity (Wildman–Crippen MR) is 80.9 cm³/mol. The van der Waals surface area contributed by atoms with Crippen LogP contribution in [-0.2, 0) is 11.8 Å². The van der Waals surface area contributed by atoms with Crippen LogP contribution in [0.5, 0.6) is 0 Å². The molecular formula is C15H19N5O2. The maximum Gasteiger partial charge on any atom is 0.270 e. The van der Waals surface area contributed by atoms with Crippen molar-refractivity contribution < 1.29 is 4.79 Å². The Hall–Kier alpha value is -2.31. The van der Waals surface area contributed by atoms with Gasteiger partial charge in [0.25, 0.3) is 5.56 Å². The third kappa shape index (κ3) is 2.00. The highest BCUT2D eigenvalue weighted by atomic mass is 16.2. The van der Waals surface area contributed by atoms with Gasteiger partial charge in [0, 0.05) is 25.6 Å². The number of aromatic amines is 1. The molecule has 3 heterocycles. The largest absolute Gasteiger partial charge is 0.311 e. The molecule has 116 valence electrons. The van der Waals surface area contributed by atoms with Crippen LogP contribution in [0.4, 0.5) is 5.82 Å². The van der Waals surface area contributed by atoms with Gasteiger partial charge in [0.05, 0.1) is 17.8 Å². The van der Waals surface area contributed by atoms with E-state index in [4.69, 9.17) is 0 Å². The Balaban J connectivity index is 1.83. The molecule has 2 N–H and O–H groups in total. The lowest BCUT2D eigenvalue weighted by Gasteiger charge is -2.23. The first-order chi connectivity index (χ1) is 10.6. The fraction of sp³-hybridized carbons (Fsp3) is 0.533. The first kappa shape index (κ1) is 13.4. The van der Waals surface area contributed by atoms with E-state index < -0.39 is 0 Å². The lowest BCUT2D eigenvalue weighted by atomic mass is 9.89. The number of nitrogens with one attached hydrogen (secondary N) is 2. The summed E-state index contributed by atoms with van der Waals surface area (Å²) in [7, 11) is 1.83. The number of nitrogens with zero attached hydrogens (tertiary/aromatic N) is 3. The maximum atomic E-state index is 12.5. The van der Waals surface area contributed by atoms with Gasteiger partial charge in [-0.05, 0) is 18.4 Å². The Labute approximate surface area is 127 Å². The molecule has 0 bridgehead atoms. The minimum atomic E-state index is -0.219. The minimum Gasteiger partial charge on any atom is -0.311 e. The van der Waals surface area contributed by atoms with Crippen LogP contribution >= 0.6 is 0 Å². The van der Waals surface area contributed by atoms with Crippen molar-refractivity contribution in [1.29, 1.82) is 0 Å². The molecule has 1 saturated carbocycles. The summed E-state index contributed by atoms with van der Waals surface area (Å²) in [5.74, 6) is 0.387. The van der Waals surface area contributed by atoms with E-state index in [0.717, 1.165) is 18.4 Å². The van der Waals surface area contributed by atoms with Crippen molar-refractivity contribution in [3.63, 3.8) is 0 Å². The average Bonchev–Trinajstić information content (AvgIpc) is 3.19. The minimum absolute atomic E-state index is 0.0490. The zero-order valence-corrected chi connectivity index (χ0v) is 12.5. The number of anilines is 1. The second kappa shape index (κ2) is 4.86. The van der Waals surface area contributed by atoms with Gasteiger partial charge < -0.3 is 5.32 Å². The Morgan fingerprint density at radius 3 is 2.73 bits per heavy atom. The van der Waals surface area contributed by atoms with Gasteiger partial charge in [0.1, 0.15) is 5.82 Å². The molecule has 7 heteroatoms. The fourth-order valence-corrected chi connectivity index (χ4v) is 3.73. The van der Waals surface area contributed by atoms with Crippen LogP contribution in [0.1, 0.15) is 55.2 Å². The van der Waals surface area contributed by atoms with E-state index in [9.17, 15) is 9.59 Å². The molecule has 2 aromatic heterocycles. The molecule has 1 unspecified atom stereocenters. The monoisotopic (exact) mass is 301 g/mol. The van der Waals surface area contributed by atoms with Gasteiger partial charge in [-0.2, -0.15) is 5.10 Å². The number of carbonyl (C=O) groups excluding carboxylic acids is 1. The number of fused-ring (bicyclic) bond motifs is 1. The van der Waals surface area contributed by atoms with Crippen LogP contribution < -0.4 is 10.9 Å². The third-order valence-corrected chi connectivity index (χ3v) is 4.78. The molecule has 7 nitrogen and oxygen atoms in total. The Morgan fingerprint density at radius 1 is 1.27 bits per heavy atom. The number of carbonyl (C=O) groups is 1. The van der Waals surface area contributed by atoms with E-state index in [2.05, 4.69) is 15.5 Å². The van der Waals surface area contributed by atoms with Gasteiger partial charge >= 0.3 is 0 Å². The summed E-state index contributed by atoms with van der Waals surface area (Å²) >= 11 is 0. The first-order valence-corrected chi connectivity index (χ1v) is 7.76. The zero-order valence-electron chi connectivity index (χ0n) is 12.5. The summed E-state index contributed by atoms with van der Waals surface area (Å²) in [6, 6.07) is 0.282. The summed E-state index contributed by atoms with van der Waals surface area (Å²) in [5.41, 5.74) is 1.48. The van der Waals surface area contributed by atoms with Crippen LogP contribution in [0.15, 0.2) is 17.2 Å². The van der Waals surface area contributed by atoms with Gasteiger partial charge in [-0.3, -0.25) is 24.1 Å². The number of aromatic nitrogens is 4. The van der Waals surface area contributed by atoms with Crippen molar-refractivity contribution in [1.82, 2.24) is 19.6 Å². The maximum absolute atomic E-state index is 12.5. The number of hydrogen-bond donors (Lipinski definition) is 2. The Kier molecular flexibility index (Phi) is 2.95. The van der Waals surface area contributed by atoms with Crippen LogP contribution in [0.25, 0.3) is 0 Å². The summed E-state index contributed by atoms with van der Waals surface area (Å²) in [5, 5.41) is 10.0. The Bertz CT molecular complexity index is 778. The highest BCUT2D eigenvalue weighted by Gasteiger charge is 2.35. The summed E-state index contributed by atoms with van der Waals surface area (Å²) < 4.78 is 3.58. The highest BCUT2D eigenvalue weighted by Crippen LogP contribution is 2.38. The van der Waals surface area contributed by atoms with Gasteiger partial charge in [-0.15, -0.1) is 0 Å². The number of H-pyrrole nitrogens is 1. The van der Waals surface area contributed by atoms with Crippen molar-refractivity contribution in [3.8, 4) is 0 Å². The van der Waals surface area contributed by atoms with E-state index in [1.165, 1.54) is 12.8 Å². The van der Waals surface area contributed by atoms with Gasteiger partial charge in [0.15, 0.2) is 0 Å². The molecule has 2 aliphatic rings. The van der Waals surface area contributed by atoms with Gasteiger partial charge in [0.2, 0.25) is 5.91 Å². The topological polar surface area (TPSA) is 84.7 Å². The molecule has 4 rings (SSSR count). The molecule has 0 spiro atoms. The number of rotatable bonds is 2. The summed E-state index contributed by atoms with van der Waals surface area (Å²) in [6.07, 6.45) is 8.32. The van der Waals surface area contributed by atoms with E-state index in [0.29, 0.717) is 11.4 Å². The van der Waals surface area contributed by atoms with Crippen LogP contribution in [-0.4, -0.2) is 25.5 Å². The SMILES string of the molecule is Cn1cc(C2CC(=O)Nc3c2c(=O)[nH]n3C2CCCC2)cn1. The second-order valence-electron chi connectivity index (χ2n) is 6.26. The van der Waals surface area contributed by atoms with Crippen molar-refractivity contribution in [3.05, 3.63) is 33.9 Å². The third-order valence-electron chi connectivity index (χ3n) is 4.78. The smallest absolute Gasteiger partial charge is 0.270 e. The second-order valence-corrected chi connectivity index (χ2v) is 6.26. The van der Waals surface area contributed by atoms with Crippen LogP contribution in [0, 0.1) is 0 Å². The molecule has 0 radical (unpaired) electrons. The first-order valence-electron chi connectivity index (χ1n) is 7.76. The zero-order chi connectivity index (χ0) is 15.3. The Morgan fingerprint density at radius 2 is 2.05 bits per heavy atom. The van der Waals surface area contributed by atoms with E-state index in [1.54, 1.807) is 10.9 Å². The van der Waals surface area contributed by atoms with Crippen molar-refractivity contribution in [2.45, 2.75) is 44.1 Å². The molecular weight excluding hydrogens is 282 g/mol. The molecule has 0 saturated heterocycles. The average molecular weight is 301 g/mol. The predicted octanol–water partition coefficient (Wildman–Crippen LogP) is 1.50. The quantitative estimate of drug-likeness (QED) is 0.881. The molecule has 0 aromatic carbocycles. The van der Waals surface area contributed by atoms with Crippen molar-refractivity contribution in [2.24, 2.45) is 7.05 Å². The molecule has 1 fully saturated rings. The summed E-state index contributed by atoms with van der Waals surface area (Å²) in [6.45, 7) is 0. The number of aryl methyl sites for hydroxylation is 1. The van der Waals surface area contributed by atoms with Crippen LogP contribution in [0.3, 0.4) is 0 Å². The van der Waals surface area contributed by atoms with Gasteiger partial charge in [-0.1, -0.05) is 12.8 Å². The van der Waals surface area contributed by atoms with E-state index in [-0.39, 0.29) is 29.8 Å². The normalized spacial score (nSPS) is 21.9.